The molecule has 0 aliphatic rings. The van der Waals surface area contributed by atoms with Gasteiger partial charge in [0.2, 0.25) is 0 Å². The number of hydrogen-bond donors (Lipinski definition) is 1. The minimum atomic E-state index is -0.607. The summed E-state index contributed by atoms with van der Waals surface area (Å²) in [5, 5.41) is 9.33. The summed E-state index contributed by atoms with van der Waals surface area (Å²) in [5.74, 6) is -0.607. The van der Waals surface area contributed by atoms with E-state index in [1.54, 1.807) is 0 Å². The maximum absolute atomic E-state index is 11.3. The summed E-state index contributed by atoms with van der Waals surface area (Å²) in [6, 6.07) is 0. The Morgan fingerprint density at radius 2 is 1.29 bits per heavy atom. The van der Waals surface area contributed by atoms with E-state index in [1.807, 2.05) is 6.92 Å². The van der Waals surface area contributed by atoms with Crippen LogP contribution in [0.3, 0.4) is 0 Å². The van der Waals surface area contributed by atoms with Crippen LogP contribution in [0.15, 0.2) is 0 Å². The first kappa shape index (κ1) is 16.5. The number of carboxylic acids is 1. The SMILES string of the molecule is CCCCCCCC(C)(CCCCC)C(=O)O. The van der Waals surface area contributed by atoms with Crippen molar-refractivity contribution >= 4 is 5.97 Å². The van der Waals surface area contributed by atoms with Crippen LogP contribution in [0.1, 0.15) is 85.0 Å². The van der Waals surface area contributed by atoms with E-state index in [0.717, 1.165) is 38.5 Å². The third-order valence-electron chi connectivity index (χ3n) is 3.68. The molecule has 102 valence electrons. The van der Waals surface area contributed by atoms with Crippen molar-refractivity contribution in [3.8, 4) is 0 Å². The van der Waals surface area contributed by atoms with Crippen molar-refractivity contribution in [3.05, 3.63) is 0 Å². The van der Waals surface area contributed by atoms with Crippen LogP contribution in [-0.4, -0.2) is 11.1 Å². The summed E-state index contributed by atoms with van der Waals surface area (Å²) in [5.41, 5.74) is -0.485. The maximum atomic E-state index is 11.3. The van der Waals surface area contributed by atoms with Crippen molar-refractivity contribution in [2.24, 2.45) is 5.41 Å². The summed E-state index contributed by atoms with van der Waals surface area (Å²) < 4.78 is 0. The van der Waals surface area contributed by atoms with E-state index in [1.165, 1.54) is 25.7 Å². The second kappa shape index (κ2) is 9.49. The molecule has 0 aliphatic carbocycles. The lowest BCUT2D eigenvalue weighted by atomic mass is 9.80. The van der Waals surface area contributed by atoms with Gasteiger partial charge in [-0.25, -0.2) is 0 Å². The first-order valence-electron chi connectivity index (χ1n) is 7.30. The molecule has 17 heavy (non-hydrogen) atoms. The molecule has 0 heterocycles. The minimum Gasteiger partial charge on any atom is -0.481 e. The van der Waals surface area contributed by atoms with Gasteiger partial charge < -0.3 is 5.11 Å². The lowest BCUT2D eigenvalue weighted by Gasteiger charge is -2.24. The monoisotopic (exact) mass is 242 g/mol. The largest absolute Gasteiger partial charge is 0.481 e. The van der Waals surface area contributed by atoms with Crippen molar-refractivity contribution in [1.29, 1.82) is 0 Å². The molecule has 0 bridgehead atoms. The average molecular weight is 242 g/mol. The van der Waals surface area contributed by atoms with Gasteiger partial charge in [0.25, 0.3) is 0 Å². The highest BCUT2D eigenvalue weighted by Gasteiger charge is 2.31. The molecule has 0 amide bonds. The van der Waals surface area contributed by atoms with Crippen molar-refractivity contribution in [2.45, 2.75) is 85.0 Å². The van der Waals surface area contributed by atoms with Crippen molar-refractivity contribution in [2.75, 3.05) is 0 Å². The van der Waals surface area contributed by atoms with E-state index in [-0.39, 0.29) is 0 Å². The van der Waals surface area contributed by atoms with Crippen LogP contribution in [0.25, 0.3) is 0 Å². The van der Waals surface area contributed by atoms with E-state index in [2.05, 4.69) is 13.8 Å². The first-order chi connectivity index (χ1) is 8.06. The Balaban J connectivity index is 3.91. The Morgan fingerprint density at radius 1 is 0.882 bits per heavy atom. The zero-order valence-corrected chi connectivity index (χ0v) is 11.9. The van der Waals surface area contributed by atoms with Gasteiger partial charge in [0.1, 0.15) is 0 Å². The molecule has 1 atom stereocenters. The first-order valence-corrected chi connectivity index (χ1v) is 7.30. The van der Waals surface area contributed by atoms with Crippen LogP contribution >= 0.6 is 0 Å². The van der Waals surface area contributed by atoms with E-state index in [4.69, 9.17) is 0 Å². The summed E-state index contributed by atoms with van der Waals surface area (Å²) >= 11 is 0. The Bertz CT molecular complexity index is 201. The van der Waals surface area contributed by atoms with Gasteiger partial charge in [-0.1, -0.05) is 65.2 Å². The highest BCUT2D eigenvalue weighted by atomic mass is 16.4. The van der Waals surface area contributed by atoms with E-state index in [0.29, 0.717) is 0 Å². The second-order valence-electron chi connectivity index (χ2n) is 5.49. The van der Waals surface area contributed by atoms with Crippen LogP contribution in [-0.2, 0) is 4.79 Å². The zero-order chi connectivity index (χ0) is 13.1. The number of aliphatic carboxylic acids is 1. The highest BCUT2D eigenvalue weighted by Crippen LogP contribution is 2.31. The Labute approximate surface area is 107 Å². The quantitative estimate of drug-likeness (QED) is 0.517. The summed E-state index contributed by atoms with van der Waals surface area (Å²) in [6.45, 7) is 6.28. The fraction of sp³-hybridized carbons (Fsp3) is 0.933. The molecule has 0 aromatic carbocycles. The van der Waals surface area contributed by atoms with E-state index >= 15 is 0 Å². The molecule has 0 rings (SSSR count). The minimum absolute atomic E-state index is 0.485. The topological polar surface area (TPSA) is 37.3 Å². The fourth-order valence-corrected chi connectivity index (χ4v) is 2.22. The van der Waals surface area contributed by atoms with Crippen molar-refractivity contribution in [1.82, 2.24) is 0 Å². The molecule has 0 spiro atoms. The number of unbranched alkanes of at least 4 members (excludes halogenated alkanes) is 6. The molecule has 1 N–H and O–H groups in total. The van der Waals surface area contributed by atoms with Crippen LogP contribution in [0.5, 0.6) is 0 Å². The van der Waals surface area contributed by atoms with Gasteiger partial charge in [0.05, 0.1) is 5.41 Å². The van der Waals surface area contributed by atoms with Crippen LogP contribution in [0.4, 0.5) is 0 Å². The van der Waals surface area contributed by atoms with Crippen molar-refractivity contribution in [3.63, 3.8) is 0 Å². The van der Waals surface area contributed by atoms with Gasteiger partial charge in [-0.15, -0.1) is 0 Å². The Morgan fingerprint density at radius 3 is 1.76 bits per heavy atom. The predicted octanol–water partition coefficient (Wildman–Crippen LogP) is 5.02. The molecule has 0 saturated heterocycles. The summed E-state index contributed by atoms with van der Waals surface area (Å²) in [4.78, 5) is 11.3. The normalized spacial score (nSPS) is 14.5. The van der Waals surface area contributed by atoms with Crippen LogP contribution < -0.4 is 0 Å². The molecule has 0 aliphatic heterocycles. The lowest BCUT2D eigenvalue weighted by molar-refractivity contribution is -0.149. The lowest BCUT2D eigenvalue weighted by Crippen LogP contribution is -2.27. The maximum Gasteiger partial charge on any atom is 0.309 e. The standard InChI is InChI=1S/C15H30O2/c1-4-6-8-9-11-13-15(3,14(16)17)12-10-7-5-2/h4-13H2,1-3H3,(H,16,17). The molecule has 1 unspecified atom stereocenters. The van der Waals surface area contributed by atoms with E-state index < -0.39 is 11.4 Å². The smallest absolute Gasteiger partial charge is 0.309 e. The molecular formula is C15H30O2. The number of carbonyl (C=O) groups is 1. The Kier molecular flexibility index (Phi) is 9.20. The molecule has 0 aromatic heterocycles. The van der Waals surface area contributed by atoms with Crippen LogP contribution in [0, 0.1) is 5.41 Å². The fourth-order valence-electron chi connectivity index (χ4n) is 2.22. The molecule has 0 aromatic rings. The van der Waals surface area contributed by atoms with Gasteiger partial charge in [0.15, 0.2) is 0 Å². The predicted molar refractivity (Wildman–Crippen MR) is 73.3 cm³/mol. The summed E-state index contributed by atoms with van der Waals surface area (Å²) in [7, 11) is 0. The molecular weight excluding hydrogens is 212 g/mol. The second-order valence-corrected chi connectivity index (χ2v) is 5.49. The number of carboxylic acid groups (broad SMARTS) is 1. The van der Waals surface area contributed by atoms with Crippen molar-refractivity contribution < 1.29 is 9.90 Å². The zero-order valence-electron chi connectivity index (χ0n) is 11.9. The van der Waals surface area contributed by atoms with E-state index in [9.17, 15) is 9.90 Å². The van der Waals surface area contributed by atoms with Gasteiger partial charge in [-0.3, -0.25) is 4.79 Å². The highest BCUT2D eigenvalue weighted by molar-refractivity contribution is 5.74. The summed E-state index contributed by atoms with van der Waals surface area (Å²) in [6.07, 6.45) is 11.1. The number of rotatable bonds is 11. The molecule has 0 fully saturated rings. The molecule has 0 radical (unpaired) electrons. The van der Waals surface area contributed by atoms with Gasteiger partial charge in [0, 0.05) is 0 Å². The Hall–Kier alpha value is -0.530. The van der Waals surface area contributed by atoms with Gasteiger partial charge in [-0.05, 0) is 19.8 Å². The average Bonchev–Trinajstić information content (AvgIpc) is 2.29. The third-order valence-corrected chi connectivity index (χ3v) is 3.68. The van der Waals surface area contributed by atoms with Gasteiger partial charge >= 0.3 is 5.97 Å². The molecule has 2 nitrogen and oxygen atoms in total. The molecule has 0 saturated carbocycles. The third kappa shape index (κ3) is 7.40. The number of hydrogen-bond acceptors (Lipinski definition) is 1. The van der Waals surface area contributed by atoms with Gasteiger partial charge in [-0.2, -0.15) is 0 Å². The van der Waals surface area contributed by atoms with Crippen LogP contribution in [0.2, 0.25) is 0 Å². The molecule has 2 heteroatoms.